The maximum absolute atomic E-state index is 7.00. The zero-order valence-corrected chi connectivity index (χ0v) is 20.7. The van der Waals surface area contributed by atoms with Gasteiger partial charge in [-0.2, -0.15) is 20.8 Å². The van der Waals surface area contributed by atoms with Crippen LogP contribution in [0.25, 0.3) is 0 Å². The number of aliphatic hydroxyl groups is 2. The Bertz CT molecular complexity index is 226. The van der Waals surface area contributed by atoms with Crippen LogP contribution in [0.15, 0.2) is 72.8 Å². The van der Waals surface area contributed by atoms with Crippen LogP contribution in [0.3, 0.4) is 0 Å². The van der Waals surface area contributed by atoms with Crippen LogP contribution in [0, 0.1) is 5.92 Å². The van der Waals surface area contributed by atoms with Crippen LogP contribution in [0.4, 0.5) is 0 Å². The third-order valence-electron chi connectivity index (χ3n) is 1.33. The van der Waals surface area contributed by atoms with Gasteiger partial charge >= 0.3 is 0 Å². The van der Waals surface area contributed by atoms with Crippen LogP contribution in [-0.2, 0) is 32.7 Å². The summed E-state index contributed by atoms with van der Waals surface area (Å²) < 4.78 is 0. The van der Waals surface area contributed by atoms with Crippen molar-refractivity contribution in [2.24, 2.45) is 0 Å². The molecule has 2 N–H and O–H groups in total. The molecule has 2 rings (SSSR count). The van der Waals surface area contributed by atoms with Gasteiger partial charge in [-0.05, 0) is 0 Å². The molecule has 0 saturated heterocycles. The maximum atomic E-state index is 7.00. The van der Waals surface area contributed by atoms with Gasteiger partial charge in [0, 0.05) is 46.9 Å². The average Bonchev–Trinajstić information content (AvgIpc) is 2.71. The molecular formula is C22H41O2Y-. The zero-order chi connectivity index (χ0) is 20.1. The number of rotatable bonds is 0. The summed E-state index contributed by atoms with van der Waals surface area (Å²) in [6.45, 7) is 14.3. The second kappa shape index (κ2) is 56.6. The van der Waals surface area contributed by atoms with Crippen molar-refractivity contribution in [1.82, 2.24) is 0 Å². The van der Waals surface area contributed by atoms with Gasteiger partial charge in [-0.15, -0.1) is 0 Å². The van der Waals surface area contributed by atoms with E-state index in [1.165, 1.54) is 5.92 Å². The molecule has 0 heterocycles. The Labute approximate surface area is 183 Å². The number of aliphatic hydroxyl groups excluding tert-OH is 2. The summed E-state index contributed by atoms with van der Waals surface area (Å²) in [5.41, 5.74) is 0. The van der Waals surface area contributed by atoms with E-state index in [2.05, 4.69) is 20.8 Å². The molecule has 0 bridgehead atoms. The molecule has 0 atom stereocenters. The average molecular weight is 426 g/mol. The van der Waals surface area contributed by atoms with Crippen LogP contribution in [0.1, 0.15) is 48.5 Å². The van der Waals surface area contributed by atoms with Gasteiger partial charge in [0.15, 0.2) is 0 Å². The largest absolute Gasteiger partial charge is 0.400 e. The van der Waals surface area contributed by atoms with Gasteiger partial charge in [-0.25, -0.2) is 0 Å². The number of benzene rings is 2. The third-order valence-corrected chi connectivity index (χ3v) is 1.33. The molecule has 3 heteroatoms. The molecule has 25 heavy (non-hydrogen) atoms. The fourth-order valence-electron chi connectivity index (χ4n) is 0.770. The number of hydrogen-bond donors (Lipinski definition) is 2. The summed E-state index contributed by atoms with van der Waals surface area (Å²) in [6.07, 6.45) is 0. The molecule has 0 saturated carbocycles. The van der Waals surface area contributed by atoms with E-state index in [9.17, 15) is 0 Å². The molecular weight excluding hydrogens is 385 g/mol. The molecule has 2 aromatic carbocycles. The summed E-state index contributed by atoms with van der Waals surface area (Å²) in [5, 5.41) is 14.0. The van der Waals surface area contributed by atoms with Gasteiger partial charge < -0.3 is 16.1 Å². The fraction of sp³-hybridized carbons (Fsp3) is 0.409. The standard InChI is InChI=1S/2C6H6.C4H9.2C2H6.2CH4O.Y/c2*1-2-4-6-5-3-1;1-4(2)3;4*1-2;/h2*1-6H;1-3H3;2*1-2H3;2*2H,1H3;/q;;-1;;;;;. The summed E-state index contributed by atoms with van der Waals surface area (Å²) in [5.74, 6) is 1.42. The minimum atomic E-state index is 0. The first-order valence-corrected chi connectivity index (χ1v) is 8.39. The van der Waals surface area contributed by atoms with Crippen LogP contribution >= 0.6 is 0 Å². The summed E-state index contributed by atoms with van der Waals surface area (Å²) in [7, 11) is 2.00. The van der Waals surface area contributed by atoms with Crippen molar-refractivity contribution < 1.29 is 42.9 Å². The second-order valence-corrected chi connectivity index (χ2v) is 3.81. The van der Waals surface area contributed by atoms with E-state index >= 15 is 0 Å². The smallest absolute Gasteiger partial charge is 0.0319 e. The van der Waals surface area contributed by atoms with E-state index < -0.39 is 0 Å². The van der Waals surface area contributed by atoms with Gasteiger partial charge in [0.1, 0.15) is 0 Å². The first kappa shape index (κ1) is 39.5. The van der Waals surface area contributed by atoms with Gasteiger partial charge in [-0.3, -0.25) is 0 Å². The first-order chi connectivity index (χ1) is 11.7. The van der Waals surface area contributed by atoms with Crippen LogP contribution in [0.2, 0.25) is 0 Å². The molecule has 0 aliphatic heterocycles. The van der Waals surface area contributed by atoms with E-state index in [4.69, 9.17) is 10.2 Å². The molecule has 0 fully saturated rings. The molecule has 0 aromatic heterocycles. The Balaban J connectivity index is -0.0000000450. The van der Waals surface area contributed by atoms with Crippen molar-refractivity contribution in [2.75, 3.05) is 14.2 Å². The van der Waals surface area contributed by atoms with E-state index in [0.29, 0.717) is 0 Å². The molecule has 0 spiro atoms. The Kier molecular flexibility index (Phi) is 89.4. The van der Waals surface area contributed by atoms with Gasteiger partial charge in [-0.1, -0.05) is 100 Å². The minimum Gasteiger partial charge on any atom is -0.400 e. The van der Waals surface area contributed by atoms with Crippen molar-refractivity contribution >= 4 is 0 Å². The monoisotopic (exact) mass is 426 g/mol. The predicted octanol–water partition coefficient (Wildman–Crippen LogP) is 6.26. The van der Waals surface area contributed by atoms with Crippen LogP contribution in [0.5, 0.6) is 0 Å². The molecule has 1 radical (unpaired) electrons. The van der Waals surface area contributed by atoms with Gasteiger partial charge in [0.25, 0.3) is 0 Å². The molecule has 0 unspecified atom stereocenters. The zero-order valence-electron chi connectivity index (χ0n) is 17.9. The Hall–Kier alpha value is -0.536. The van der Waals surface area contributed by atoms with Crippen molar-refractivity contribution in [1.29, 1.82) is 0 Å². The van der Waals surface area contributed by atoms with Gasteiger partial charge in [0.05, 0.1) is 0 Å². The summed E-state index contributed by atoms with van der Waals surface area (Å²) >= 11 is 0. The maximum Gasteiger partial charge on any atom is 0.0319 e. The molecule has 2 nitrogen and oxygen atoms in total. The van der Waals surface area contributed by atoms with Crippen molar-refractivity contribution in [3.63, 3.8) is 0 Å². The summed E-state index contributed by atoms with van der Waals surface area (Å²) in [4.78, 5) is 0. The minimum absolute atomic E-state index is 0. The van der Waals surface area contributed by atoms with E-state index in [1.54, 1.807) is 0 Å². The third kappa shape index (κ3) is 82.3. The van der Waals surface area contributed by atoms with Crippen molar-refractivity contribution in [2.45, 2.75) is 48.5 Å². The Morgan fingerprint density at radius 1 is 0.400 bits per heavy atom. The topological polar surface area (TPSA) is 40.5 Å². The number of hydrogen-bond acceptors (Lipinski definition) is 2. The van der Waals surface area contributed by atoms with E-state index in [-0.39, 0.29) is 32.7 Å². The molecule has 0 aliphatic carbocycles. The van der Waals surface area contributed by atoms with Gasteiger partial charge in [0.2, 0.25) is 0 Å². The van der Waals surface area contributed by atoms with Crippen molar-refractivity contribution in [3.05, 3.63) is 78.7 Å². The first-order valence-electron chi connectivity index (χ1n) is 8.39. The van der Waals surface area contributed by atoms with E-state index in [0.717, 1.165) is 14.2 Å². The fourth-order valence-corrected chi connectivity index (χ4v) is 0.770. The normalized spacial score (nSPS) is 6.24. The van der Waals surface area contributed by atoms with Crippen molar-refractivity contribution in [3.8, 4) is 0 Å². The second-order valence-electron chi connectivity index (χ2n) is 3.81. The van der Waals surface area contributed by atoms with E-state index in [1.807, 2.05) is 100 Å². The molecule has 145 valence electrons. The SMILES string of the molecule is CC.CC.CO.CO.C[C-](C)C.[Y].c1ccccc1.c1ccccc1. The Morgan fingerprint density at radius 3 is 0.480 bits per heavy atom. The van der Waals surface area contributed by atoms with Crippen LogP contribution < -0.4 is 0 Å². The quantitative estimate of drug-likeness (QED) is 0.488. The predicted molar refractivity (Wildman–Crippen MR) is 112 cm³/mol. The van der Waals surface area contributed by atoms with Crippen LogP contribution in [-0.4, -0.2) is 24.4 Å². The molecule has 2 aromatic rings. The molecule has 0 amide bonds. The summed E-state index contributed by atoms with van der Waals surface area (Å²) in [6, 6.07) is 24.0. The Morgan fingerprint density at radius 2 is 0.440 bits per heavy atom. The molecule has 0 aliphatic rings.